The highest BCUT2D eigenvalue weighted by Gasteiger charge is 2.30. The summed E-state index contributed by atoms with van der Waals surface area (Å²) in [5.74, 6) is -2.20. The zero-order chi connectivity index (χ0) is 28.5. The number of nitrogens with zero attached hydrogens (tertiary/aromatic N) is 4. The zero-order valence-corrected chi connectivity index (χ0v) is 21.7. The van der Waals surface area contributed by atoms with Gasteiger partial charge in [-0.3, -0.25) is 14.1 Å². The molecule has 3 heterocycles. The van der Waals surface area contributed by atoms with E-state index in [4.69, 9.17) is 0 Å². The number of anilines is 2. The first-order valence-electron chi connectivity index (χ1n) is 12.0. The summed E-state index contributed by atoms with van der Waals surface area (Å²) in [5, 5.41) is 6.01. The Balaban J connectivity index is 1.66. The predicted molar refractivity (Wildman–Crippen MR) is 135 cm³/mol. The molecular formula is C23H26F5N7O3S. The summed E-state index contributed by atoms with van der Waals surface area (Å²) in [6.07, 6.45) is -5.67. The molecular weight excluding hydrogens is 549 g/mol. The van der Waals surface area contributed by atoms with Crippen LogP contribution in [0.1, 0.15) is 32.7 Å². The van der Waals surface area contributed by atoms with Crippen molar-refractivity contribution in [1.29, 1.82) is 0 Å². The number of fused-ring (bicyclic) bond motifs is 1. The van der Waals surface area contributed by atoms with Gasteiger partial charge in [-0.1, -0.05) is 6.07 Å². The monoisotopic (exact) mass is 575 g/mol. The lowest BCUT2D eigenvalue weighted by molar-refractivity contribution is -0.129. The minimum absolute atomic E-state index is 0.0107. The first-order chi connectivity index (χ1) is 18.2. The molecule has 1 aliphatic heterocycles. The zero-order valence-electron chi connectivity index (χ0n) is 20.9. The maximum atomic E-state index is 14.8. The van der Waals surface area contributed by atoms with E-state index >= 15 is 0 Å². The van der Waals surface area contributed by atoms with Crippen molar-refractivity contribution in [3.63, 3.8) is 0 Å². The van der Waals surface area contributed by atoms with Gasteiger partial charge in [0.05, 0.1) is 24.1 Å². The second kappa shape index (κ2) is 11.0. The van der Waals surface area contributed by atoms with E-state index in [1.54, 1.807) is 18.6 Å². The summed E-state index contributed by atoms with van der Waals surface area (Å²) < 4.78 is 92.8. The summed E-state index contributed by atoms with van der Waals surface area (Å²) >= 11 is 0. The van der Waals surface area contributed by atoms with Crippen LogP contribution in [0.25, 0.3) is 22.4 Å². The van der Waals surface area contributed by atoms with Crippen molar-refractivity contribution in [3.05, 3.63) is 40.6 Å². The van der Waals surface area contributed by atoms with E-state index in [9.17, 15) is 35.2 Å². The minimum Gasteiger partial charge on any atom is -0.350 e. The number of nitrogens with one attached hydrogen (secondary N) is 3. The second-order valence-electron chi connectivity index (χ2n) is 9.44. The Morgan fingerprint density at radius 3 is 2.59 bits per heavy atom. The highest BCUT2D eigenvalue weighted by atomic mass is 32.2. The molecule has 1 saturated heterocycles. The summed E-state index contributed by atoms with van der Waals surface area (Å²) in [6.45, 7) is 4.24. The number of aromatic nitrogens is 4. The van der Waals surface area contributed by atoms with Crippen molar-refractivity contribution in [1.82, 2.24) is 24.8 Å². The van der Waals surface area contributed by atoms with Crippen LogP contribution >= 0.6 is 0 Å². The fourth-order valence-electron chi connectivity index (χ4n) is 4.13. The van der Waals surface area contributed by atoms with Crippen molar-refractivity contribution in [3.8, 4) is 11.3 Å². The van der Waals surface area contributed by atoms with Crippen LogP contribution in [0.5, 0.6) is 0 Å². The summed E-state index contributed by atoms with van der Waals surface area (Å²) in [7, 11) is -4.48. The van der Waals surface area contributed by atoms with Gasteiger partial charge >= 0.3 is 6.18 Å². The standard InChI is InChI=1S/C23H26F5N7O3S/c1-12(2)35-20-18(11-30-22(33-20)31-15-8-14(24)9-29-10-15)32-19(21(35)36)13-3-4-17(16(25)7-13)34-39(37,38)6-5-23(26,27)28/h3-4,7,11-12,14-15,29,34H,5-6,8-10H2,1-2H3,(H,30,31,33)/t14-,15-/m0/s1. The molecule has 2 atom stereocenters. The van der Waals surface area contributed by atoms with E-state index in [1.165, 1.54) is 16.8 Å². The Morgan fingerprint density at radius 2 is 1.95 bits per heavy atom. The summed E-state index contributed by atoms with van der Waals surface area (Å²) in [6, 6.07) is 2.43. The van der Waals surface area contributed by atoms with Gasteiger partial charge in [0, 0.05) is 37.2 Å². The molecule has 1 aliphatic rings. The molecule has 0 amide bonds. The number of alkyl halides is 4. The molecule has 0 bridgehead atoms. The summed E-state index contributed by atoms with van der Waals surface area (Å²) in [4.78, 5) is 26.3. The molecule has 39 heavy (non-hydrogen) atoms. The molecule has 3 N–H and O–H groups in total. The fourth-order valence-corrected chi connectivity index (χ4v) is 5.24. The van der Waals surface area contributed by atoms with Crippen LogP contribution in [-0.2, 0) is 10.0 Å². The highest BCUT2D eigenvalue weighted by Crippen LogP contribution is 2.26. The molecule has 1 aromatic carbocycles. The molecule has 2 aromatic heterocycles. The third kappa shape index (κ3) is 6.98. The highest BCUT2D eigenvalue weighted by molar-refractivity contribution is 7.92. The largest absolute Gasteiger partial charge is 0.390 e. The number of hydrogen-bond donors (Lipinski definition) is 3. The van der Waals surface area contributed by atoms with Gasteiger partial charge in [-0.15, -0.1) is 0 Å². The molecule has 0 aliphatic carbocycles. The summed E-state index contributed by atoms with van der Waals surface area (Å²) in [5.41, 5.74) is -0.919. The predicted octanol–water partition coefficient (Wildman–Crippen LogP) is 3.38. The lowest BCUT2D eigenvalue weighted by atomic mass is 10.1. The van der Waals surface area contributed by atoms with Gasteiger partial charge in [0.2, 0.25) is 16.0 Å². The Labute approximate surface area is 220 Å². The van der Waals surface area contributed by atoms with E-state index in [-0.39, 0.29) is 47.4 Å². The molecule has 0 unspecified atom stereocenters. The van der Waals surface area contributed by atoms with E-state index < -0.39 is 57.7 Å². The number of halogens is 5. The Morgan fingerprint density at radius 1 is 1.21 bits per heavy atom. The average molecular weight is 576 g/mol. The molecule has 10 nitrogen and oxygen atoms in total. The van der Waals surface area contributed by atoms with E-state index in [0.717, 1.165) is 12.1 Å². The maximum absolute atomic E-state index is 14.8. The minimum atomic E-state index is -4.69. The number of rotatable bonds is 8. The van der Waals surface area contributed by atoms with Crippen molar-refractivity contribution < 1.29 is 30.4 Å². The van der Waals surface area contributed by atoms with Crippen molar-refractivity contribution in [2.75, 3.05) is 28.9 Å². The smallest absolute Gasteiger partial charge is 0.350 e. The van der Waals surface area contributed by atoms with Gasteiger partial charge in [0.1, 0.15) is 23.2 Å². The van der Waals surface area contributed by atoms with Crippen LogP contribution < -0.4 is 20.9 Å². The topological polar surface area (TPSA) is 131 Å². The van der Waals surface area contributed by atoms with E-state index in [0.29, 0.717) is 6.54 Å². The number of benzene rings is 1. The number of sulfonamides is 1. The van der Waals surface area contributed by atoms with Crippen LogP contribution in [0.15, 0.2) is 29.2 Å². The fraction of sp³-hybridized carbons (Fsp3) is 0.478. The molecule has 0 radical (unpaired) electrons. The molecule has 0 saturated carbocycles. The van der Waals surface area contributed by atoms with Crippen LogP contribution in [0.3, 0.4) is 0 Å². The third-order valence-electron chi connectivity index (χ3n) is 5.94. The van der Waals surface area contributed by atoms with Crippen LogP contribution in [0.4, 0.5) is 33.6 Å². The van der Waals surface area contributed by atoms with Crippen LogP contribution in [-0.4, -0.2) is 65.2 Å². The first kappa shape index (κ1) is 28.6. The number of hydrogen-bond acceptors (Lipinski definition) is 8. The van der Waals surface area contributed by atoms with E-state index in [1.807, 2.05) is 0 Å². The van der Waals surface area contributed by atoms with Gasteiger partial charge in [0.25, 0.3) is 5.56 Å². The van der Waals surface area contributed by atoms with Gasteiger partial charge in [-0.25, -0.2) is 27.2 Å². The molecule has 16 heteroatoms. The third-order valence-corrected chi connectivity index (χ3v) is 7.21. The van der Waals surface area contributed by atoms with Crippen molar-refractivity contribution in [2.24, 2.45) is 0 Å². The van der Waals surface area contributed by atoms with Gasteiger partial charge in [0.15, 0.2) is 5.65 Å². The van der Waals surface area contributed by atoms with Gasteiger partial charge in [-0.2, -0.15) is 18.2 Å². The number of piperidine rings is 1. The Bertz CT molecular complexity index is 1530. The molecule has 212 valence electrons. The van der Waals surface area contributed by atoms with Crippen molar-refractivity contribution in [2.45, 2.75) is 51.1 Å². The van der Waals surface area contributed by atoms with E-state index in [2.05, 4.69) is 25.6 Å². The quantitative estimate of drug-likeness (QED) is 0.349. The van der Waals surface area contributed by atoms with Crippen LogP contribution in [0.2, 0.25) is 0 Å². The lowest BCUT2D eigenvalue weighted by Gasteiger charge is -2.26. The molecule has 0 spiro atoms. The molecule has 3 aromatic rings. The van der Waals surface area contributed by atoms with Gasteiger partial charge in [-0.05, 0) is 26.0 Å². The SMILES string of the molecule is CC(C)n1c(=O)c(-c2ccc(NS(=O)(=O)CCC(F)(F)F)c(F)c2)nc2cnc(N[C@@H]3CNC[C@@H](F)C3)nc21. The Hall–Kier alpha value is -3.40. The second-order valence-corrected chi connectivity index (χ2v) is 11.3. The lowest BCUT2D eigenvalue weighted by Crippen LogP contribution is -2.44. The van der Waals surface area contributed by atoms with Crippen molar-refractivity contribution >= 4 is 32.8 Å². The Kier molecular flexibility index (Phi) is 8.07. The van der Waals surface area contributed by atoms with Crippen LogP contribution in [0, 0.1) is 5.82 Å². The first-order valence-corrected chi connectivity index (χ1v) is 13.7. The average Bonchev–Trinajstić information content (AvgIpc) is 2.83. The molecule has 1 fully saturated rings. The molecule has 4 rings (SSSR count). The normalized spacial score (nSPS) is 18.5. The van der Waals surface area contributed by atoms with Gasteiger partial charge < -0.3 is 10.6 Å². The maximum Gasteiger partial charge on any atom is 0.390 e.